The molecule has 0 fully saturated rings. The molecule has 0 saturated heterocycles. The third-order valence-corrected chi connectivity index (χ3v) is 4.18. The quantitative estimate of drug-likeness (QED) is 0.778. The van der Waals surface area contributed by atoms with E-state index in [1.807, 2.05) is 0 Å². The molecule has 8 heteroatoms. The van der Waals surface area contributed by atoms with Crippen molar-refractivity contribution >= 4 is 33.4 Å². The number of hydrogen-bond donors (Lipinski definition) is 0. The van der Waals surface area contributed by atoms with E-state index in [1.54, 1.807) is 24.2 Å². The minimum absolute atomic E-state index is 0.191. The van der Waals surface area contributed by atoms with Gasteiger partial charge in [0.2, 0.25) is 0 Å². The summed E-state index contributed by atoms with van der Waals surface area (Å²) in [5.74, 6) is 1.61. The number of carbonyl (C=O) groups is 1. The van der Waals surface area contributed by atoms with Crippen molar-refractivity contribution in [3.63, 3.8) is 0 Å². The predicted octanol–water partition coefficient (Wildman–Crippen LogP) is 2.31. The van der Waals surface area contributed by atoms with Crippen molar-refractivity contribution in [2.45, 2.75) is 25.9 Å². The maximum atomic E-state index is 12.5. The summed E-state index contributed by atoms with van der Waals surface area (Å²) in [5, 5.41) is 8.49. The van der Waals surface area contributed by atoms with Crippen LogP contribution in [-0.2, 0) is 19.5 Å². The van der Waals surface area contributed by atoms with Crippen LogP contribution in [0.4, 0.5) is 0 Å². The standard InChI is InChI=1S/C13H13BrClN5O/c1-19(7-11-18-17-10-3-2-4-20(10)11)13(21)9-5-8(14)6-16-12(9)15/h5-6H,2-4,7H2,1H3. The number of carbonyl (C=O) groups excluding carboxylic acids is 1. The normalized spacial score (nSPS) is 13.3. The van der Waals surface area contributed by atoms with Gasteiger partial charge < -0.3 is 9.47 Å². The number of pyridine rings is 1. The Labute approximate surface area is 135 Å². The van der Waals surface area contributed by atoms with Gasteiger partial charge in [0.05, 0.1) is 12.1 Å². The molecule has 0 saturated carbocycles. The van der Waals surface area contributed by atoms with Gasteiger partial charge in [0, 0.05) is 30.7 Å². The Hall–Kier alpha value is -1.47. The van der Waals surface area contributed by atoms with Crippen LogP contribution in [0.1, 0.15) is 28.4 Å². The number of halogens is 2. The molecule has 1 aliphatic heterocycles. The fraction of sp³-hybridized carbons (Fsp3) is 0.385. The van der Waals surface area contributed by atoms with Gasteiger partial charge in [-0.15, -0.1) is 10.2 Å². The first-order valence-electron chi connectivity index (χ1n) is 6.53. The number of fused-ring (bicyclic) bond motifs is 1. The summed E-state index contributed by atoms with van der Waals surface area (Å²) in [4.78, 5) is 18.0. The molecule has 1 aliphatic rings. The summed E-state index contributed by atoms with van der Waals surface area (Å²) >= 11 is 9.29. The van der Waals surface area contributed by atoms with Crippen LogP contribution < -0.4 is 0 Å². The zero-order valence-electron chi connectivity index (χ0n) is 11.4. The van der Waals surface area contributed by atoms with E-state index >= 15 is 0 Å². The van der Waals surface area contributed by atoms with Gasteiger partial charge >= 0.3 is 0 Å². The lowest BCUT2D eigenvalue weighted by molar-refractivity contribution is 0.0779. The van der Waals surface area contributed by atoms with Gasteiger partial charge in [-0.1, -0.05) is 11.6 Å². The van der Waals surface area contributed by atoms with Crippen LogP contribution in [0.15, 0.2) is 16.7 Å². The molecule has 6 nitrogen and oxygen atoms in total. The van der Waals surface area contributed by atoms with Gasteiger partial charge in [0.25, 0.3) is 5.91 Å². The molecule has 0 bridgehead atoms. The van der Waals surface area contributed by atoms with E-state index < -0.39 is 0 Å². The molecule has 3 heterocycles. The fourth-order valence-corrected chi connectivity index (χ4v) is 2.91. The molecule has 3 rings (SSSR count). The second-order valence-electron chi connectivity index (χ2n) is 4.94. The predicted molar refractivity (Wildman–Crippen MR) is 81.1 cm³/mol. The average Bonchev–Trinajstić information content (AvgIpc) is 3.05. The summed E-state index contributed by atoms with van der Waals surface area (Å²) in [7, 11) is 1.72. The Morgan fingerprint density at radius 1 is 1.52 bits per heavy atom. The molecule has 0 N–H and O–H groups in total. The third kappa shape index (κ3) is 2.80. The molecule has 0 unspecified atom stereocenters. The van der Waals surface area contributed by atoms with E-state index in [0.717, 1.165) is 31.0 Å². The van der Waals surface area contributed by atoms with Crippen LogP contribution >= 0.6 is 27.5 Å². The van der Waals surface area contributed by atoms with Gasteiger partial charge in [-0.2, -0.15) is 0 Å². The fourth-order valence-electron chi connectivity index (χ4n) is 2.39. The van der Waals surface area contributed by atoms with Gasteiger partial charge in [0.15, 0.2) is 5.82 Å². The minimum Gasteiger partial charge on any atom is -0.334 e. The lowest BCUT2D eigenvalue weighted by Gasteiger charge is -2.17. The Balaban J connectivity index is 1.80. The molecule has 0 spiro atoms. The van der Waals surface area contributed by atoms with Crippen LogP contribution in [0.5, 0.6) is 0 Å². The molecule has 1 amide bonds. The molecule has 110 valence electrons. The Morgan fingerprint density at radius 3 is 3.14 bits per heavy atom. The first-order valence-corrected chi connectivity index (χ1v) is 7.71. The van der Waals surface area contributed by atoms with Crippen molar-refractivity contribution in [3.05, 3.63) is 39.1 Å². The zero-order chi connectivity index (χ0) is 15.0. The molecule has 2 aromatic rings. The molecular formula is C13H13BrClN5O. The highest BCUT2D eigenvalue weighted by Gasteiger charge is 2.22. The zero-order valence-corrected chi connectivity index (χ0v) is 13.7. The number of aromatic nitrogens is 4. The smallest absolute Gasteiger partial charge is 0.257 e. The summed E-state index contributed by atoms with van der Waals surface area (Å²) in [5.41, 5.74) is 0.370. The molecular weight excluding hydrogens is 358 g/mol. The first kappa shape index (κ1) is 14.5. The largest absolute Gasteiger partial charge is 0.334 e. The van der Waals surface area contributed by atoms with Gasteiger partial charge in [-0.3, -0.25) is 4.79 Å². The van der Waals surface area contributed by atoms with E-state index in [9.17, 15) is 4.79 Å². The van der Waals surface area contributed by atoms with E-state index in [4.69, 9.17) is 11.6 Å². The summed E-state index contributed by atoms with van der Waals surface area (Å²) in [6.45, 7) is 1.31. The van der Waals surface area contributed by atoms with Gasteiger partial charge in [-0.05, 0) is 28.4 Å². The van der Waals surface area contributed by atoms with Gasteiger partial charge in [0.1, 0.15) is 11.0 Å². The van der Waals surface area contributed by atoms with E-state index in [2.05, 4.69) is 35.7 Å². The average molecular weight is 371 g/mol. The minimum atomic E-state index is -0.191. The summed E-state index contributed by atoms with van der Waals surface area (Å²) in [6.07, 6.45) is 3.59. The molecule has 0 atom stereocenters. The maximum Gasteiger partial charge on any atom is 0.257 e. The number of hydrogen-bond acceptors (Lipinski definition) is 4. The Morgan fingerprint density at radius 2 is 2.33 bits per heavy atom. The summed E-state index contributed by atoms with van der Waals surface area (Å²) < 4.78 is 2.79. The third-order valence-electron chi connectivity index (χ3n) is 3.45. The lowest BCUT2D eigenvalue weighted by Crippen LogP contribution is -2.28. The van der Waals surface area contributed by atoms with Crippen LogP contribution in [0, 0.1) is 0 Å². The van der Waals surface area contributed by atoms with Crippen LogP contribution in [-0.4, -0.2) is 37.6 Å². The van der Waals surface area contributed by atoms with Crippen molar-refractivity contribution < 1.29 is 4.79 Å². The topological polar surface area (TPSA) is 63.9 Å². The van der Waals surface area contributed by atoms with Crippen molar-refractivity contribution in [2.24, 2.45) is 0 Å². The van der Waals surface area contributed by atoms with Crippen LogP contribution in [0.2, 0.25) is 5.15 Å². The van der Waals surface area contributed by atoms with E-state index in [0.29, 0.717) is 16.6 Å². The Bertz CT molecular complexity index is 702. The van der Waals surface area contributed by atoms with Gasteiger partial charge in [-0.25, -0.2) is 4.98 Å². The number of rotatable bonds is 3. The Kier molecular flexibility index (Phi) is 3.95. The maximum absolute atomic E-state index is 12.5. The van der Waals surface area contributed by atoms with E-state index in [1.165, 1.54) is 0 Å². The summed E-state index contributed by atoms with van der Waals surface area (Å²) in [6, 6.07) is 1.67. The van der Waals surface area contributed by atoms with Crippen molar-refractivity contribution in [1.29, 1.82) is 0 Å². The highest BCUT2D eigenvalue weighted by Crippen LogP contribution is 2.21. The van der Waals surface area contributed by atoms with Crippen molar-refractivity contribution in [2.75, 3.05) is 7.05 Å². The lowest BCUT2D eigenvalue weighted by atomic mass is 10.2. The number of amides is 1. The SMILES string of the molecule is CN(Cc1nnc2n1CCC2)C(=O)c1cc(Br)cnc1Cl. The van der Waals surface area contributed by atoms with Crippen LogP contribution in [0.25, 0.3) is 0 Å². The molecule has 21 heavy (non-hydrogen) atoms. The highest BCUT2D eigenvalue weighted by molar-refractivity contribution is 9.10. The first-order chi connectivity index (χ1) is 10.1. The second-order valence-corrected chi connectivity index (χ2v) is 6.21. The van der Waals surface area contributed by atoms with Crippen molar-refractivity contribution in [1.82, 2.24) is 24.6 Å². The van der Waals surface area contributed by atoms with E-state index in [-0.39, 0.29) is 11.1 Å². The number of aryl methyl sites for hydroxylation is 1. The molecule has 0 aliphatic carbocycles. The molecule has 2 aromatic heterocycles. The second kappa shape index (κ2) is 5.73. The highest BCUT2D eigenvalue weighted by atomic mass is 79.9. The monoisotopic (exact) mass is 369 g/mol. The number of nitrogens with zero attached hydrogens (tertiary/aromatic N) is 5. The van der Waals surface area contributed by atoms with Crippen molar-refractivity contribution in [3.8, 4) is 0 Å². The molecule has 0 aromatic carbocycles. The van der Waals surface area contributed by atoms with Crippen LogP contribution in [0.3, 0.4) is 0 Å². The molecule has 0 radical (unpaired) electrons.